The molecular formula is C11H17N3O2. The van der Waals surface area contributed by atoms with Gasteiger partial charge in [-0.2, -0.15) is 5.10 Å². The van der Waals surface area contributed by atoms with Crippen LogP contribution in [-0.2, 0) is 7.05 Å². The van der Waals surface area contributed by atoms with Gasteiger partial charge in [0.25, 0.3) is 5.91 Å². The lowest BCUT2D eigenvalue weighted by Gasteiger charge is -2.19. The van der Waals surface area contributed by atoms with Crippen LogP contribution in [0.2, 0.25) is 0 Å². The van der Waals surface area contributed by atoms with Crippen molar-refractivity contribution in [3.8, 4) is 0 Å². The lowest BCUT2D eigenvalue weighted by atomic mass is 10.3. The van der Waals surface area contributed by atoms with E-state index >= 15 is 0 Å². The second-order valence-electron chi connectivity index (χ2n) is 4.25. The predicted molar refractivity (Wildman–Crippen MR) is 59.1 cm³/mol. The smallest absolute Gasteiger partial charge is 0.274 e. The van der Waals surface area contributed by atoms with Gasteiger partial charge in [0.1, 0.15) is 0 Å². The number of hydrogen-bond acceptors (Lipinski definition) is 3. The first-order chi connectivity index (χ1) is 7.63. The minimum Gasteiger partial charge on any atom is -0.395 e. The van der Waals surface area contributed by atoms with Crippen LogP contribution in [0.25, 0.3) is 0 Å². The highest BCUT2D eigenvalue weighted by molar-refractivity contribution is 5.92. The third kappa shape index (κ3) is 2.09. The van der Waals surface area contributed by atoms with E-state index in [1.807, 2.05) is 14.0 Å². The van der Waals surface area contributed by atoms with Crippen LogP contribution in [-0.4, -0.2) is 44.9 Å². The Morgan fingerprint density at radius 1 is 1.69 bits per heavy atom. The summed E-state index contributed by atoms with van der Waals surface area (Å²) in [5, 5.41) is 13.1. The summed E-state index contributed by atoms with van der Waals surface area (Å²) in [6, 6.07) is 2.09. The SMILES string of the molecule is Cc1cc(C(=O)N(CCO)C2CC2)nn1C. The topological polar surface area (TPSA) is 58.4 Å². The Morgan fingerprint density at radius 2 is 2.38 bits per heavy atom. The van der Waals surface area contributed by atoms with Crippen molar-refractivity contribution in [2.45, 2.75) is 25.8 Å². The molecule has 0 radical (unpaired) electrons. The lowest BCUT2D eigenvalue weighted by molar-refractivity contribution is 0.0701. The Bertz CT molecular complexity index is 376. The van der Waals surface area contributed by atoms with E-state index in [0.29, 0.717) is 18.3 Å². The zero-order chi connectivity index (χ0) is 11.7. The fourth-order valence-electron chi connectivity index (χ4n) is 1.76. The number of amides is 1. The second kappa shape index (κ2) is 4.25. The van der Waals surface area contributed by atoms with Gasteiger partial charge in [0, 0.05) is 25.3 Å². The van der Waals surface area contributed by atoms with Crippen molar-refractivity contribution < 1.29 is 9.90 Å². The van der Waals surface area contributed by atoms with E-state index in [2.05, 4.69) is 5.10 Å². The molecule has 0 bridgehead atoms. The highest BCUT2D eigenvalue weighted by Gasteiger charge is 2.33. The molecule has 1 amide bonds. The molecule has 16 heavy (non-hydrogen) atoms. The molecular weight excluding hydrogens is 206 g/mol. The van der Waals surface area contributed by atoms with Crippen LogP contribution >= 0.6 is 0 Å². The molecule has 5 nitrogen and oxygen atoms in total. The van der Waals surface area contributed by atoms with E-state index in [4.69, 9.17) is 5.11 Å². The van der Waals surface area contributed by atoms with Crippen molar-refractivity contribution >= 4 is 5.91 Å². The molecule has 1 aliphatic rings. The molecule has 1 saturated carbocycles. The van der Waals surface area contributed by atoms with Crippen LogP contribution in [0, 0.1) is 6.92 Å². The highest BCUT2D eigenvalue weighted by atomic mass is 16.3. The first-order valence-electron chi connectivity index (χ1n) is 5.56. The average molecular weight is 223 g/mol. The monoisotopic (exact) mass is 223 g/mol. The van der Waals surface area contributed by atoms with E-state index < -0.39 is 0 Å². The fourth-order valence-corrected chi connectivity index (χ4v) is 1.76. The van der Waals surface area contributed by atoms with Crippen LogP contribution in [0.4, 0.5) is 0 Å². The normalized spacial score (nSPS) is 15.2. The molecule has 1 heterocycles. The minimum absolute atomic E-state index is 0.00799. The number of carbonyl (C=O) groups is 1. The molecule has 0 atom stereocenters. The van der Waals surface area contributed by atoms with Crippen molar-refractivity contribution in [1.82, 2.24) is 14.7 Å². The third-order valence-electron chi connectivity index (χ3n) is 2.92. The Labute approximate surface area is 94.7 Å². The van der Waals surface area contributed by atoms with Gasteiger partial charge in [-0.25, -0.2) is 0 Å². The van der Waals surface area contributed by atoms with Gasteiger partial charge < -0.3 is 10.0 Å². The molecule has 1 aromatic rings. The molecule has 1 aliphatic carbocycles. The van der Waals surface area contributed by atoms with E-state index in [0.717, 1.165) is 18.5 Å². The number of aryl methyl sites for hydroxylation is 2. The number of hydrogen-bond donors (Lipinski definition) is 1. The summed E-state index contributed by atoms with van der Waals surface area (Å²) >= 11 is 0. The van der Waals surface area contributed by atoms with Crippen LogP contribution < -0.4 is 0 Å². The largest absolute Gasteiger partial charge is 0.395 e. The fraction of sp³-hybridized carbons (Fsp3) is 0.636. The third-order valence-corrected chi connectivity index (χ3v) is 2.92. The van der Waals surface area contributed by atoms with Gasteiger partial charge in [0.15, 0.2) is 5.69 Å². The summed E-state index contributed by atoms with van der Waals surface area (Å²) in [6.07, 6.45) is 2.08. The molecule has 1 N–H and O–H groups in total. The number of aliphatic hydroxyl groups is 1. The van der Waals surface area contributed by atoms with Gasteiger partial charge in [-0.05, 0) is 25.8 Å². The number of aromatic nitrogens is 2. The van der Waals surface area contributed by atoms with Crippen LogP contribution in [0.5, 0.6) is 0 Å². The van der Waals surface area contributed by atoms with E-state index in [1.165, 1.54) is 0 Å². The summed E-state index contributed by atoms with van der Waals surface area (Å²) in [5.74, 6) is -0.0692. The van der Waals surface area contributed by atoms with Gasteiger partial charge in [-0.15, -0.1) is 0 Å². The summed E-state index contributed by atoms with van der Waals surface area (Å²) in [5.41, 5.74) is 1.43. The van der Waals surface area contributed by atoms with Crippen molar-refractivity contribution in [3.63, 3.8) is 0 Å². The number of aliphatic hydroxyl groups excluding tert-OH is 1. The van der Waals surface area contributed by atoms with Crippen molar-refractivity contribution in [1.29, 1.82) is 0 Å². The molecule has 5 heteroatoms. The summed E-state index contributed by atoms with van der Waals surface area (Å²) < 4.78 is 1.69. The van der Waals surface area contributed by atoms with Crippen molar-refractivity contribution in [2.24, 2.45) is 7.05 Å². The molecule has 0 aromatic carbocycles. The maximum absolute atomic E-state index is 12.1. The van der Waals surface area contributed by atoms with Gasteiger partial charge in [0.2, 0.25) is 0 Å². The zero-order valence-electron chi connectivity index (χ0n) is 9.68. The summed E-state index contributed by atoms with van der Waals surface area (Å²) in [4.78, 5) is 13.8. The number of carbonyl (C=O) groups excluding carboxylic acids is 1. The molecule has 1 aromatic heterocycles. The predicted octanol–water partition coefficient (Wildman–Crippen LogP) is 0.325. The Morgan fingerprint density at radius 3 is 2.81 bits per heavy atom. The summed E-state index contributed by atoms with van der Waals surface area (Å²) in [6.45, 7) is 2.32. The molecule has 88 valence electrons. The van der Waals surface area contributed by atoms with Crippen LogP contribution in [0.3, 0.4) is 0 Å². The zero-order valence-corrected chi connectivity index (χ0v) is 9.68. The van der Waals surface area contributed by atoms with Crippen LogP contribution in [0.15, 0.2) is 6.07 Å². The van der Waals surface area contributed by atoms with Crippen molar-refractivity contribution in [3.05, 3.63) is 17.5 Å². The van der Waals surface area contributed by atoms with Gasteiger partial charge >= 0.3 is 0 Å². The van der Waals surface area contributed by atoms with Crippen molar-refractivity contribution in [2.75, 3.05) is 13.2 Å². The highest BCUT2D eigenvalue weighted by Crippen LogP contribution is 2.27. The van der Waals surface area contributed by atoms with E-state index in [-0.39, 0.29) is 12.5 Å². The quantitative estimate of drug-likeness (QED) is 0.800. The number of nitrogens with zero attached hydrogens (tertiary/aromatic N) is 3. The Kier molecular flexibility index (Phi) is 2.96. The molecule has 0 unspecified atom stereocenters. The molecule has 1 fully saturated rings. The molecule has 2 rings (SSSR count). The second-order valence-corrected chi connectivity index (χ2v) is 4.25. The first-order valence-corrected chi connectivity index (χ1v) is 5.56. The van der Waals surface area contributed by atoms with Gasteiger partial charge in [-0.1, -0.05) is 0 Å². The lowest BCUT2D eigenvalue weighted by Crippen LogP contribution is -2.35. The maximum Gasteiger partial charge on any atom is 0.274 e. The van der Waals surface area contributed by atoms with Crippen LogP contribution in [0.1, 0.15) is 29.0 Å². The molecule has 0 aliphatic heterocycles. The maximum atomic E-state index is 12.1. The average Bonchev–Trinajstić information content (AvgIpc) is 3.02. The van der Waals surface area contributed by atoms with Gasteiger partial charge in [-0.3, -0.25) is 9.48 Å². The Hall–Kier alpha value is -1.36. The van der Waals surface area contributed by atoms with Gasteiger partial charge in [0.05, 0.1) is 6.61 Å². The standard InChI is InChI=1S/C11H17N3O2/c1-8-7-10(12-13(8)2)11(16)14(5-6-15)9-3-4-9/h7,9,15H,3-6H2,1-2H3. The first kappa shape index (κ1) is 11.1. The minimum atomic E-state index is -0.0692. The number of rotatable bonds is 4. The summed E-state index contributed by atoms with van der Waals surface area (Å²) in [7, 11) is 1.82. The Balaban J connectivity index is 2.15. The molecule has 0 saturated heterocycles. The molecule has 0 spiro atoms. The van der Waals surface area contributed by atoms with E-state index in [1.54, 1.807) is 15.6 Å². The van der Waals surface area contributed by atoms with E-state index in [9.17, 15) is 4.79 Å².